The lowest BCUT2D eigenvalue weighted by Crippen LogP contribution is -2.49. The average molecular weight is 308 g/mol. The van der Waals surface area contributed by atoms with Crippen LogP contribution in [0, 0.1) is 11.8 Å². The summed E-state index contributed by atoms with van der Waals surface area (Å²) in [5.41, 5.74) is 2.24. The lowest BCUT2D eigenvalue weighted by atomic mass is 9.62. The second kappa shape index (κ2) is 4.08. The van der Waals surface area contributed by atoms with E-state index in [9.17, 15) is 9.59 Å². The quantitative estimate of drug-likeness (QED) is 0.692. The Hall–Kier alpha value is -2.04. The first-order valence-electron chi connectivity index (χ1n) is 7.94. The molecular formula is C19H16O4. The first kappa shape index (κ1) is 13.4. The maximum absolute atomic E-state index is 13.0. The van der Waals surface area contributed by atoms with E-state index in [-0.39, 0.29) is 35.6 Å². The molecule has 0 radical (unpaired) electrons. The summed E-state index contributed by atoms with van der Waals surface area (Å²) >= 11 is 0. The summed E-state index contributed by atoms with van der Waals surface area (Å²) in [6, 6.07) is 7.07. The van der Waals surface area contributed by atoms with E-state index in [2.05, 4.69) is 0 Å². The minimum Gasteiger partial charge on any atom is -0.344 e. The Balaban J connectivity index is 1.70. The zero-order valence-electron chi connectivity index (χ0n) is 12.9. The van der Waals surface area contributed by atoms with E-state index in [0.717, 1.165) is 0 Å². The summed E-state index contributed by atoms with van der Waals surface area (Å²) in [5, 5.41) is 0. The van der Waals surface area contributed by atoms with Crippen molar-refractivity contribution in [3.63, 3.8) is 0 Å². The van der Waals surface area contributed by atoms with Gasteiger partial charge in [-0.1, -0.05) is 36.4 Å². The minimum absolute atomic E-state index is 0.0405. The third-order valence-electron chi connectivity index (χ3n) is 5.26. The Morgan fingerprint density at radius 3 is 1.70 bits per heavy atom. The molecule has 116 valence electrons. The molecule has 0 saturated carbocycles. The molecule has 4 aliphatic carbocycles. The Kier molecular flexibility index (Phi) is 2.37. The Morgan fingerprint density at radius 2 is 1.26 bits per heavy atom. The number of rotatable bonds is 0. The summed E-state index contributed by atoms with van der Waals surface area (Å²) in [7, 11) is 0. The number of carbonyl (C=O) groups excluding carboxylic acids is 2. The zero-order valence-corrected chi connectivity index (χ0v) is 12.9. The second-order valence-corrected chi connectivity index (χ2v) is 7.03. The van der Waals surface area contributed by atoms with Crippen molar-refractivity contribution in [1.29, 1.82) is 0 Å². The first-order valence-corrected chi connectivity index (χ1v) is 7.94. The maximum Gasteiger partial charge on any atom is 0.190 e. The normalized spacial score (nSPS) is 36.1. The molecule has 1 aromatic rings. The Labute approximate surface area is 133 Å². The summed E-state index contributed by atoms with van der Waals surface area (Å²) in [5.74, 6) is -1.17. The maximum atomic E-state index is 13.0. The van der Waals surface area contributed by atoms with Crippen molar-refractivity contribution in [1.82, 2.24) is 0 Å². The highest BCUT2D eigenvalue weighted by molar-refractivity contribution is 6.28. The van der Waals surface area contributed by atoms with Gasteiger partial charge in [-0.05, 0) is 13.8 Å². The van der Waals surface area contributed by atoms with Crippen molar-refractivity contribution in [2.45, 2.75) is 31.8 Å². The van der Waals surface area contributed by atoms with Crippen LogP contribution in [0.2, 0.25) is 0 Å². The highest BCUT2D eigenvalue weighted by atomic mass is 16.8. The van der Waals surface area contributed by atoms with Gasteiger partial charge in [-0.15, -0.1) is 0 Å². The number of hydrogen-bond donors (Lipinski definition) is 0. The van der Waals surface area contributed by atoms with Gasteiger partial charge in [0.1, 0.15) is 0 Å². The van der Waals surface area contributed by atoms with Gasteiger partial charge in [0.2, 0.25) is 0 Å². The van der Waals surface area contributed by atoms with Gasteiger partial charge in [0, 0.05) is 34.1 Å². The number of Topliss-reactive ketones (excluding diaryl/α,β-unsaturated/α-hetero) is 2. The molecule has 2 bridgehead atoms. The molecule has 1 aliphatic heterocycles. The fourth-order valence-electron chi connectivity index (χ4n) is 4.43. The van der Waals surface area contributed by atoms with E-state index in [1.54, 1.807) is 24.3 Å². The fourth-order valence-corrected chi connectivity index (χ4v) is 4.43. The van der Waals surface area contributed by atoms with Gasteiger partial charge >= 0.3 is 0 Å². The molecule has 5 aliphatic rings. The number of ketones is 2. The molecule has 0 amide bonds. The van der Waals surface area contributed by atoms with E-state index in [1.165, 1.54) is 0 Å². The number of carbonyl (C=O) groups is 2. The van der Waals surface area contributed by atoms with Crippen LogP contribution in [0.1, 0.15) is 34.6 Å². The van der Waals surface area contributed by atoms with E-state index in [4.69, 9.17) is 9.47 Å². The molecule has 4 atom stereocenters. The number of hydrogen-bond acceptors (Lipinski definition) is 4. The van der Waals surface area contributed by atoms with Crippen LogP contribution in [0.25, 0.3) is 0 Å². The molecule has 1 saturated heterocycles. The van der Waals surface area contributed by atoms with Crippen molar-refractivity contribution >= 4 is 11.6 Å². The zero-order chi connectivity index (χ0) is 15.9. The monoisotopic (exact) mass is 308 g/mol. The molecule has 4 nitrogen and oxygen atoms in total. The summed E-state index contributed by atoms with van der Waals surface area (Å²) in [6.45, 7) is 3.75. The summed E-state index contributed by atoms with van der Waals surface area (Å²) < 4.78 is 12.1. The van der Waals surface area contributed by atoms with Crippen LogP contribution >= 0.6 is 0 Å². The third kappa shape index (κ3) is 1.57. The first-order chi connectivity index (χ1) is 11.0. The second-order valence-electron chi connectivity index (χ2n) is 7.03. The van der Waals surface area contributed by atoms with Crippen molar-refractivity contribution in [2.24, 2.45) is 11.8 Å². The topological polar surface area (TPSA) is 52.6 Å². The fraction of sp³-hybridized carbons (Fsp3) is 0.368. The van der Waals surface area contributed by atoms with Gasteiger partial charge in [-0.2, -0.15) is 0 Å². The van der Waals surface area contributed by atoms with E-state index in [1.807, 2.05) is 26.0 Å². The molecule has 4 heteroatoms. The van der Waals surface area contributed by atoms with Crippen LogP contribution in [0.3, 0.4) is 0 Å². The van der Waals surface area contributed by atoms with E-state index < -0.39 is 5.79 Å². The van der Waals surface area contributed by atoms with Gasteiger partial charge in [-0.3, -0.25) is 9.59 Å². The summed E-state index contributed by atoms with van der Waals surface area (Å²) in [6.07, 6.45) is 3.63. The average Bonchev–Trinajstić information content (AvgIpc) is 2.88. The molecule has 0 aromatic heterocycles. The van der Waals surface area contributed by atoms with E-state index in [0.29, 0.717) is 22.3 Å². The molecule has 0 N–H and O–H groups in total. The van der Waals surface area contributed by atoms with Crippen LogP contribution in [-0.2, 0) is 9.47 Å². The number of fused-ring (bicyclic) bond motifs is 1. The van der Waals surface area contributed by atoms with Crippen LogP contribution in [0.4, 0.5) is 0 Å². The SMILES string of the molecule is CC1(C)OC2C3C=CC(C4=C3C(=O)c3ccccc3C4=O)C2O1. The third-order valence-corrected chi connectivity index (χ3v) is 5.26. The van der Waals surface area contributed by atoms with Crippen molar-refractivity contribution in [2.75, 3.05) is 0 Å². The van der Waals surface area contributed by atoms with Crippen molar-refractivity contribution in [3.8, 4) is 0 Å². The number of benzene rings is 1. The predicted octanol–water partition coefficient (Wildman–Crippen LogP) is 2.70. The molecule has 1 heterocycles. The smallest absolute Gasteiger partial charge is 0.190 e. The highest BCUT2D eigenvalue weighted by Crippen LogP contribution is 2.52. The highest BCUT2D eigenvalue weighted by Gasteiger charge is 2.58. The molecule has 1 fully saturated rings. The largest absolute Gasteiger partial charge is 0.344 e. The Morgan fingerprint density at radius 1 is 0.826 bits per heavy atom. The standard InChI is InChI=1S/C19H16O4/c1-19(2)22-17-11-7-8-12(18(17)23-19)14-13(11)15(20)9-5-3-4-6-10(9)16(14)21/h3-8,11-12,17-18H,1-2H3. The molecule has 23 heavy (non-hydrogen) atoms. The van der Waals surface area contributed by atoms with E-state index >= 15 is 0 Å². The van der Waals surface area contributed by atoms with Crippen LogP contribution in [0.5, 0.6) is 0 Å². The molecule has 4 unspecified atom stereocenters. The van der Waals surface area contributed by atoms with Crippen molar-refractivity contribution in [3.05, 3.63) is 58.7 Å². The molecule has 6 rings (SSSR count). The lowest BCUT2D eigenvalue weighted by Gasteiger charge is -2.42. The van der Waals surface area contributed by atoms with Crippen LogP contribution in [-0.4, -0.2) is 29.6 Å². The van der Waals surface area contributed by atoms with Gasteiger partial charge in [0.05, 0.1) is 12.2 Å². The lowest BCUT2D eigenvalue weighted by molar-refractivity contribution is -0.148. The molecule has 1 aromatic carbocycles. The van der Waals surface area contributed by atoms with Crippen LogP contribution < -0.4 is 0 Å². The Bertz CT molecular complexity index is 765. The van der Waals surface area contributed by atoms with Crippen LogP contribution in [0.15, 0.2) is 47.6 Å². The predicted molar refractivity (Wildman–Crippen MR) is 82.1 cm³/mol. The van der Waals surface area contributed by atoms with Gasteiger partial charge in [0.15, 0.2) is 17.4 Å². The van der Waals surface area contributed by atoms with Gasteiger partial charge in [-0.25, -0.2) is 0 Å². The van der Waals surface area contributed by atoms with Crippen molar-refractivity contribution < 1.29 is 19.1 Å². The minimum atomic E-state index is -0.689. The molecule has 0 spiro atoms. The summed E-state index contributed by atoms with van der Waals surface area (Å²) in [4.78, 5) is 26.0. The van der Waals surface area contributed by atoms with Gasteiger partial charge < -0.3 is 9.47 Å². The van der Waals surface area contributed by atoms with Gasteiger partial charge in [0.25, 0.3) is 0 Å². The molecular weight excluding hydrogens is 292 g/mol. The number of ether oxygens (including phenoxy) is 2.